The summed E-state index contributed by atoms with van der Waals surface area (Å²) in [7, 11) is 0. The first-order valence-corrected chi connectivity index (χ1v) is 14.1. The molecule has 1 fully saturated rings. The van der Waals surface area contributed by atoms with Gasteiger partial charge in [0, 0.05) is 18.3 Å². The van der Waals surface area contributed by atoms with Crippen LogP contribution in [0.1, 0.15) is 104 Å². The Morgan fingerprint density at radius 2 is 1.87 bits per heavy atom. The highest BCUT2D eigenvalue weighted by Crippen LogP contribution is 2.36. The van der Waals surface area contributed by atoms with Gasteiger partial charge >= 0.3 is 5.97 Å². The van der Waals surface area contributed by atoms with E-state index in [0.29, 0.717) is 0 Å². The zero-order valence-electron chi connectivity index (χ0n) is 20.2. The number of esters is 1. The van der Waals surface area contributed by atoms with Crippen molar-refractivity contribution >= 4 is 29.1 Å². The number of hydrogen-bond donors (Lipinski definition) is 1. The highest BCUT2D eigenvalue weighted by atomic mass is 32.2. The van der Waals surface area contributed by atoms with Gasteiger partial charge in [0.15, 0.2) is 4.34 Å². The molecule has 2 rings (SSSR count). The van der Waals surface area contributed by atoms with Gasteiger partial charge < -0.3 is 10.1 Å². The van der Waals surface area contributed by atoms with E-state index in [2.05, 4.69) is 24.5 Å². The lowest BCUT2D eigenvalue weighted by atomic mass is 9.98. The SMILES string of the molecule is CC(C)CCCCCCCNCCc1csc(SC(C)(C)C(=O)OC2CCCCC2)n1. The third kappa shape index (κ3) is 11.2. The molecule has 6 heteroatoms. The lowest BCUT2D eigenvalue weighted by molar-refractivity contribution is -0.152. The number of thioether (sulfide) groups is 1. The van der Waals surface area contributed by atoms with Crippen LogP contribution < -0.4 is 5.32 Å². The van der Waals surface area contributed by atoms with Gasteiger partial charge in [-0.3, -0.25) is 4.79 Å². The average Bonchev–Trinajstić information content (AvgIpc) is 3.16. The number of rotatable bonds is 15. The van der Waals surface area contributed by atoms with Crippen molar-refractivity contribution in [2.45, 2.75) is 120 Å². The molecular weight excluding hydrogens is 424 g/mol. The number of carbonyl (C=O) groups is 1. The van der Waals surface area contributed by atoms with E-state index in [1.54, 1.807) is 11.3 Å². The quantitative estimate of drug-likeness (QED) is 0.170. The maximum atomic E-state index is 12.7. The maximum Gasteiger partial charge on any atom is 0.322 e. The molecule has 1 aliphatic rings. The molecule has 1 aromatic rings. The Labute approximate surface area is 198 Å². The van der Waals surface area contributed by atoms with Crippen LogP contribution in [0.4, 0.5) is 0 Å². The molecule has 31 heavy (non-hydrogen) atoms. The summed E-state index contributed by atoms with van der Waals surface area (Å²) in [6.07, 6.45) is 14.8. The Morgan fingerprint density at radius 1 is 1.16 bits per heavy atom. The summed E-state index contributed by atoms with van der Waals surface area (Å²) in [6, 6.07) is 0. The molecule has 0 bridgehead atoms. The molecule has 1 heterocycles. The minimum atomic E-state index is -0.597. The van der Waals surface area contributed by atoms with Gasteiger partial charge in [0.2, 0.25) is 0 Å². The van der Waals surface area contributed by atoms with E-state index >= 15 is 0 Å². The van der Waals surface area contributed by atoms with Gasteiger partial charge in [0.05, 0.1) is 5.69 Å². The van der Waals surface area contributed by atoms with Crippen LogP contribution in [-0.4, -0.2) is 34.9 Å². The summed E-state index contributed by atoms with van der Waals surface area (Å²) < 4.78 is 6.15. The van der Waals surface area contributed by atoms with Gasteiger partial charge in [-0.2, -0.15) is 0 Å². The summed E-state index contributed by atoms with van der Waals surface area (Å²) in [4.78, 5) is 17.4. The fourth-order valence-corrected chi connectivity index (χ4v) is 6.13. The molecule has 0 unspecified atom stereocenters. The third-order valence-corrected chi connectivity index (χ3v) is 8.05. The second-order valence-electron chi connectivity index (χ2n) is 9.83. The van der Waals surface area contributed by atoms with Crippen molar-refractivity contribution in [3.8, 4) is 0 Å². The lowest BCUT2D eigenvalue weighted by Gasteiger charge is -2.27. The molecule has 0 saturated heterocycles. The topological polar surface area (TPSA) is 51.2 Å². The summed E-state index contributed by atoms with van der Waals surface area (Å²) in [6.45, 7) is 10.6. The van der Waals surface area contributed by atoms with Crippen molar-refractivity contribution < 1.29 is 9.53 Å². The Balaban J connectivity index is 1.58. The molecule has 1 saturated carbocycles. The van der Waals surface area contributed by atoms with Crippen molar-refractivity contribution in [3.63, 3.8) is 0 Å². The lowest BCUT2D eigenvalue weighted by Crippen LogP contribution is -2.34. The van der Waals surface area contributed by atoms with E-state index < -0.39 is 4.75 Å². The summed E-state index contributed by atoms with van der Waals surface area (Å²) >= 11 is 3.17. The summed E-state index contributed by atoms with van der Waals surface area (Å²) in [5.41, 5.74) is 1.12. The van der Waals surface area contributed by atoms with E-state index in [1.165, 1.54) is 69.5 Å². The molecule has 4 nitrogen and oxygen atoms in total. The molecule has 0 atom stereocenters. The van der Waals surface area contributed by atoms with Crippen LogP contribution in [0.3, 0.4) is 0 Å². The van der Waals surface area contributed by atoms with E-state index in [-0.39, 0.29) is 12.1 Å². The Kier molecular flexibility index (Phi) is 12.5. The maximum absolute atomic E-state index is 12.7. The number of unbranched alkanes of at least 4 members (excludes halogenated alkanes) is 4. The first-order chi connectivity index (χ1) is 14.9. The molecule has 0 aliphatic heterocycles. The number of aromatic nitrogens is 1. The zero-order valence-corrected chi connectivity index (χ0v) is 21.8. The van der Waals surface area contributed by atoms with E-state index in [0.717, 1.165) is 48.3 Å². The fraction of sp³-hybridized carbons (Fsp3) is 0.840. The number of carbonyl (C=O) groups excluding carboxylic acids is 1. The van der Waals surface area contributed by atoms with Crippen LogP contribution in [0.2, 0.25) is 0 Å². The van der Waals surface area contributed by atoms with Gasteiger partial charge in [-0.05, 0) is 58.4 Å². The van der Waals surface area contributed by atoms with E-state index in [4.69, 9.17) is 9.72 Å². The first-order valence-electron chi connectivity index (χ1n) is 12.4. The number of hydrogen-bond acceptors (Lipinski definition) is 6. The highest BCUT2D eigenvalue weighted by Gasteiger charge is 2.34. The van der Waals surface area contributed by atoms with Crippen LogP contribution in [-0.2, 0) is 16.0 Å². The summed E-state index contributed by atoms with van der Waals surface area (Å²) in [5, 5.41) is 5.67. The van der Waals surface area contributed by atoms with Gasteiger partial charge in [0.1, 0.15) is 10.9 Å². The predicted molar refractivity (Wildman–Crippen MR) is 134 cm³/mol. The molecule has 1 aromatic heterocycles. The molecule has 1 aliphatic carbocycles. The van der Waals surface area contributed by atoms with Crippen molar-refractivity contribution in [3.05, 3.63) is 11.1 Å². The van der Waals surface area contributed by atoms with Crippen molar-refractivity contribution in [1.29, 1.82) is 0 Å². The molecule has 1 N–H and O–H groups in total. The molecule has 0 aromatic carbocycles. The monoisotopic (exact) mass is 468 g/mol. The molecule has 178 valence electrons. The van der Waals surface area contributed by atoms with Gasteiger partial charge in [0.25, 0.3) is 0 Å². The van der Waals surface area contributed by atoms with Gasteiger partial charge in [-0.25, -0.2) is 4.98 Å². The normalized spacial score (nSPS) is 15.5. The number of ether oxygens (including phenoxy) is 1. The summed E-state index contributed by atoms with van der Waals surface area (Å²) in [5.74, 6) is 0.736. The number of nitrogens with one attached hydrogen (secondary N) is 1. The molecule has 0 spiro atoms. The van der Waals surface area contributed by atoms with Crippen molar-refractivity contribution in [2.75, 3.05) is 13.1 Å². The van der Waals surface area contributed by atoms with E-state index in [9.17, 15) is 4.79 Å². The number of thiazole rings is 1. The zero-order chi connectivity index (χ0) is 22.5. The predicted octanol–water partition coefficient (Wildman–Crippen LogP) is 7.02. The largest absolute Gasteiger partial charge is 0.461 e. The standard InChI is InChI=1S/C25H44N2O2S2/c1-20(2)13-9-6-5-7-12-17-26-18-16-21-19-30-24(27-21)31-25(3,4)23(28)29-22-14-10-8-11-15-22/h19-20,22,26H,5-18H2,1-4H3. The van der Waals surface area contributed by atoms with Crippen LogP contribution >= 0.6 is 23.1 Å². The minimum Gasteiger partial charge on any atom is -0.461 e. The average molecular weight is 469 g/mol. The smallest absolute Gasteiger partial charge is 0.322 e. The highest BCUT2D eigenvalue weighted by molar-refractivity contribution is 8.03. The first kappa shape index (κ1) is 26.7. The third-order valence-electron chi connectivity index (χ3n) is 5.88. The molecular formula is C25H44N2O2S2. The van der Waals surface area contributed by atoms with E-state index in [1.807, 2.05) is 13.8 Å². The molecule has 0 radical (unpaired) electrons. The van der Waals surface area contributed by atoms with Gasteiger partial charge in [-0.1, -0.05) is 64.1 Å². The van der Waals surface area contributed by atoms with Crippen LogP contribution in [0.5, 0.6) is 0 Å². The minimum absolute atomic E-state index is 0.105. The molecule has 0 amide bonds. The van der Waals surface area contributed by atoms with Crippen LogP contribution in [0, 0.1) is 5.92 Å². The van der Waals surface area contributed by atoms with Crippen molar-refractivity contribution in [1.82, 2.24) is 10.3 Å². The van der Waals surface area contributed by atoms with Crippen LogP contribution in [0.15, 0.2) is 9.72 Å². The second kappa shape index (κ2) is 14.5. The van der Waals surface area contributed by atoms with Gasteiger partial charge in [-0.15, -0.1) is 11.3 Å². The fourth-order valence-electron chi connectivity index (χ4n) is 3.86. The Hall–Kier alpha value is -0.590. The number of nitrogens with zero attached hydrogens (tertiary/aromatic N) is 1. The Bertz CT molecular complexity index is 625. The van der Waals surface area contributed by atoms with Crippen LogP contribution in [0.25, 0.3) is 0 Å². The second-order valence-corrected chi connectivity index (χ2v) is 12.6. The Morgan fingerprint density at radius 3 is 2.61 bits per heavy atom. The van der Waals surface area contributed by atoms with Crippen molar-refractivity contribution in [2.24, 2.45) is 5.92 Å².